The van der Waals surface area contributed by atoms with Crippen LogP contribution in [0, 0.1) is 0 Å². The van der Waals surface area contributed by atoms with Crippen LogP contribution in [0.5, 0.6) is 11.5 Å². The quantitative estimate of drug-likeness (QED) is 0.525. The third kappa shape index (κ3) is 4.71. The number of carbonyl (C=O) groups excluding carboxylic acids is 3. The predicted molar refractivity (Wildman–Crippen MR) is 111 cm³/mol. The van der Waals surface area contributed by atoms with Crippen molar-refractivity contribution in [1.82, 2.24) is 0 Å². The lowest BCUT2D eigenvalue weighted by molar-refractivity contribution is -0.119. The highest BCUT2D eigenvalue weighted by Crippen LogP contribution is 2.37. The van der Waals surface area contributed by atoms with Crippen LogP contribution in [0.1, 0.15) is 41.5 Å². The first kappa shape index (κ1) is 21.2. The highest BCUT2D eigenvalue weighted by atomic mass is 16.7. The van der Waals surface area contributed by atoms with Crippen LogP contribution in [0.4, 0.5) is 11.4 Å². The molecule has 0 fully saturated rings. The second kappa shape index (κ2) is 9.30. The Labute approximate surface area is 174 Å². The van der Waals surface area contributed by atoms with Gasteiger partial charge in [0.15, 0.2) is 23.9 Å². The molecular weight excluding hydrogens is 388 g/mol. The zero-order chi connectivity index (χ0) is 21.7. The van der Waals surface area contributed by atoms with Crippen LogP contribution >= 0.6 is 0 Å². The van der Waals surface area contributed by atoms with Crippen molar-refractivity contribution in [2.75, 3.05) is 36.7 Å². The van der Waals surface area contributed by atoms with E-state index in [9.17, 15) is 14.4 Å². The molecule has 30 heavy (non-hydrogen) atoms. The van der Waals surface area contributed by atoms with Crippen molar-refractivity contribution in [3.8, 4) is 11.5 Å². The largest absolute Gasteiger partial charge is 0.454 e. The number of carbonyl (C=O) groups is 3. The van der Waals surface area contributed by atoms with Gasteiger partial charge in [0.05, 0.1) is 11.3 Å². The molecular formula is C22H24N2O6. The van der Waals surface area contributed by atoms with Crippen molar-refractivity contribution >= 4 is 29.0 Å². The Morgan fingerprint density at radius 2 is 1.67 bits per heavy atom. The van der Waals surface area contributed by atoms with E-state index in [0.717, 1.165) is 18.8 Å². The van der Waals surface area contributed by atoms with Crippen molar-refractivity contribution in [2.45, 2.75) is 20.8 Å². The van der Waals surface area contributed by atoms with Gasteiger partial charge in [0, 0.05) is 30.4 Å². The standard InChI is InChI=1S/C22H24N2O6/c1-4-24(5-2)16-8-6-15(7-9-16)22(27)28-12-21(26)23-18-11-20-19(29-13-30-20)10-17(18)14(3)25/h6-11H,4-5,12-13H2,1-3H3,(H,23,26). The van der Waals surface area contributed by atoms with Crippen molar-refractivity contribution in [3.63, 3.8) is 0 Å². The molecule has 8 nitrogen and oxygen atoms in total. The van der Waals surface area contributed by atoms with Gasteiger partial charge in [-0.3, -0.25) is 9.59 Å². The molecule has 1 amide bonds. The van der Waals surface area contributed by atoms with E-state index < -0.39 is 18.5 Å². The fourth-order valence-corrected chi connectivity index (χ4v) is 3.13. The molecule has 2 aromatic rings. The van der Waals surface area contributed by atoms with Gasteiger partial charge < -0.3 is 24.4 Å². The number of benzene rings is 2. The van der Waals surface area contributed by atoms with E-state index in [1.807, 2.05) is 12.1 Å². The smallest absolute Gasteiger partial charge is 0.338 e. The van der Waals surface area contributed by atoms with Gasteiger partial charge in [-0.05, 0) is 51.1 Å². The molecule has 0 aromatic heterocycles. The minimum atomic E-state index is -0.603. The average molecular weight is 412 g/mol. The molecule has 0 unspecified atom stereocenters. The number of esters is 1. The number of fused-ring (bicyclic) bond motifs is 1. The predicted octanol–water partition coefficient (Wildman–Crippen LogP) is 3.26. The molecule has 1 aliphatic rings. The summed E-state index contributed by atoms with van der Waals surface area (Å²) in [6.07, 6.45) is 0. The Bertz CT molecular complexity index is 951. The van der Waals surface area contributed by atoms with E-state index in [4.69, 9.17) is 14.2 Å². The fraction of sp³-hybridized carbons (Fsp3) is 0.318. The molecule has 0 saturated heterocycles. The first-order valence-electron chi connectivity index (χ1n) is 9.69. The van der Waals surface area contributed by atoms with Crippen LogP contribution in [-0.2, 0) is 9.53 Å². The summed E-state index contributed by atoms with van der Waals surface area (Å²) in [4.78, 5) is 38.5. The highest BCUT2D eigenvalue weighted by Gasteiger charge is 2.21. The summed E-state index contributed by atoms with van der Waals surface area (Å²) in [5, 5.41) is 2.59. The summed E-state index contributed by atoms with van der Waals surface area (Å²) >= 11 is 0. The Morgan fingerprint density at radius 1 is 1.03 bits per heavy atom. The first-order chi connectivity index (χ1) is 14.4. The number of ketones is 1. The van der Waals surface area contributed by atoms with Crippen LogP contribution in [0.15, 0.2) is 36.4 Å². The van der Waals surface area contributed by atoms with E-state index in [1.165, 1.54) is 19.1 Å². The lowest BCUT2D eigenvalue weighted by atomic mass is 10.1. The third-order valence-corrected chi connectivity index (χ3v) is 4.73. The third-order valence-electron chi connectivity index (χ3n) is 4.73. The Balaban J connectivity index is 1.61. The second-order valence-electron chi connectivity index (χ2n) is 6.65. The molecule has 8 heteroatoms. The maximum Gasteiger partial charge on any atom is 0.338 e. The molecule has 0 spiro atoms. The maximum absolute atomic E-state index is 12.3. The van der Waals surface area contributed by atoms with E-state index in [-0.39, 0.29) is 23.8 Å². The van der Waals surface area contributed by atoms with Crippen LogP contribution in [0.2, 0.25) is 0 Å². The van der Waals surface area contributed by atoms with E-state index in [0.29, 0.717) is 17.1 Å². The molecule has 0 radical (unpaired) electrons. The van der Waals surface area contributed by atoms with Crippen LogP contribution in [-0.4, -0.2) is 44.1 Å². The summed E-state index contributed by atoms with van der Waals surface area (Å²) in [6, 6.07) is 10.1. The highest BCUT2D eigenvalue weighted by molar-refractivity contribution is 6.05. The Morgan fingerprint density at radius 3 is 2.27 bits per heavy atom. The SMILES string of the molecule is CCN(CC)c1ccc(C(=O)OCC(=O)Nc2cc3c(cc2C(C)=O)OCO3)cc1. The molecule has 1 N–H and O–H groups in total. The average Bonchev–Trinajstić information content (AvgIpc) is 3.20. The number of amides is 1. The summed E-state index contributed by atoms with van der Waals surface area (Å²) in [5.41, 5.74) is 1.92. The molecule has 0 saturated carbocycles. The molecule has 158 valence electrons. The zero-order valence-corrected chi connectivity index (χ0v) is 17.2. The van der Waals surface area contributed by atoms with Gasteiger partial charge in [0.1, 0.15) is 0 Å². The number of nitrogens with zero attached hydrogens (tertiary/aromatic N) is 1. The summed E-state index contributed by atoms with van der Waals surface area (Å²) in [5.74, 6) is -0.537. The van der Waals surface area contributed by atoms with Crippen molar-refractivity contribution in [1.29, 1.82) is 0 Å². The summed E-state index contributed by atoms with van der Waals surface area (Å²) < 4.78 is 15.6. The normalized spacial score (nSPS) is 11.7. The van der Waals surface area contributed by atoms with Crippen molar-refractivity contribution < 1.29 is 28.6 Å². The molecule has 0 aliphatic carbocycles. The van der Waals surface area contributed by atoms with Crippen molar-refractivity contribution in [3.05, 3.63) is 47.5 Å². The Kier molecular flexibility index (Phi) is 6.56. The van der Waals surface area contributed by atoms with Gasteiger partial charge in [-0.25, -0.2) is 4.79 Å². The van der Waals surface area contributed by atoms with Crippen LogP contribution < -0.4 is 19.7 Å². The number of Topliss-reactive ketones (excluding diaryl/α,β-unsaturated/α-hetero) is 1. The molecule has 1 heterocycles. The topological polar surface area (TPSA) is 94.2 Å². The monoisotopic (exact) mass is 412 g/mol. The van der Waals surface area contributed by atoms with E-state index >= 15 is 0 Å². The lowest BCUT2D eigenvalue weighted by Gasteiger charge is -2.20. The molecule has 1 aliphatic heterocycles. The van der Waals surface area contributed by atoms with Gasteiger partial charge in [-0.2, -0.15) is 0 Å². The number of hydrogen-bond donors (Lipinski definition) is 1. The fourth-order valence-electron chi connectivity index (χ4n) is 3.13. The molecule has 2 aromatic carbocycles. The lowest BCUT2D eigenvalue weighted by Crippen LogP contribution is -2.22. The molecule has 0 bridgehead atoms. The molecule has 0 atom stereocenters. The number of nitrogens with one attached hydrogen (secondary N) is 1. The number of ether oxygens (including phenoxy) is 3. The maximum atomic E-state index is 12.3. The van der Waals surface area contributed by atoms with E-state index in [1.54, 1.807) is 12.1 Å². The minimum absolute atomic E-state index is 0.0504. The minimum Gasteiger partial charge on any atom is -0.454 e. The van der Waals surface area contributed by atoms with Crippen molar-refractivity contribution in [2.24, 2.45) is 0 Å². The number of rotatable bonds is 8. The van der Waals surface area contributed by atoms with Gasteiger partial charge in [0.25, 0.3) is 5.91 Å². The Hall–Kier alpha value is -3.55. The number of anilines is 2. The molecule has 3 rings (SSSR count). The van der Waals surface area contributed by atoms with E-state index in [2.05, 4.69) is 24.1 Å². The zero-order valence-electron chi connectivity index (χ0n) is 17.2. The second-order valence-corrected chi connectivity index (χ2v) is 6.65. The van der Waals surface area contributed by atoms with Gasteiger partial charge >= 0.3 is 5.97 Å². The van der Waals surface area contributed by atoms with Gasteiger partial charge in [-0.15, -0.1) is 0 Å². The van der Waals surface area contributed by atoms with Crippen LogP contribution in [0.3, 0.4) is 0 Å². The summed E-state index contributed by atoms with van der Waals surface area (Å²) in [6.45, 7) is 6.79. The summed E-state index contributed by atoms with van der Waals surface area (Å²) in [7, 11) is 0. The number of hydrogen-bond acceptors (Lipinski definition) is 7. The van der Waals surface area contributed by atoms with Crippen LogP contribution in [0.25, 0.3) is 0 Å². The van der Waals surface area contributed by atoms with Gasteiger partial charge in [-0.1, -0.05) is 0 Å². The van der Waals surface area contributed by atoms with Gasteiger partial charge in [0.2, 0.25) is 6.79 Å². The first-order valence-corrected chi connectivity index (χ1v) is 9.69.